The minimum absolute atomic E-state index is 0.0435. The summed E-state index contributed by atoms with van der Waals surface area (Å²) in [7, 11) is 0. The Balaban J connectivity index is 1.84. The first-order valence-electron chi connectivity index (χ1n) is 6.34. The van der Waals surface area contributed by atoms with E-state index in [-0.39, 0.29) is 12.5 Å². The number of amides is 1. The van der Waals surface area contributed by atoms with Crippen molar-refractivity contribution in [3.63, 3.8) is 0 Å². The van der Waals surface area contributed by atoms with Gasteiger partial charge in [-0.2, -0.15) is 0 Å². The molecule has 0 aliphatic heterocycles. The van der Waals surface area contributed by atoms with E-state index in [9.17, 15) is 4.79 Å². The monoisotopic (exact) mass is 266 g/mol. The van der Waals surface area contributed by atoms with Crippen molar-refractivity contribution < 1.29 is 9.90 Å². The lowest BCUT2D eigenvalue weighted by atomic mass is 10.1. The van der Waals surface area contributed by atoms with E-state index >= 15 is 0 Å². The molecule has 0 aliphatic carbocycles. The number of hydrogen-bond donors (Lipinski definition) is 3. The van der Waals surface area contributed by atoms with Gasteiger partial charge < -0.3 is 15.4 Å². The highest BCUT2D eigenvalue weighted by atomic mass is 16.3. The van der Waals surface area contributed by atoms with Crippen LogP contribution < -0.4 is 5.32 Å². The minimum Gasteiger partial charge on any atom is -0.392 e. The van der Waals surface area contributed by atoms with Gasteiger partial charge in [-0.25, -0.2) is 0 Å². The SMILES string of the molecule is O=C(Nc1cccc(CO)c1)c1ccc2cc[nH]c2c1. The summed E-state index contributed by atoms with van der Waals surface area (Å²) in [5, 5.41) is 13.0. The number of benzene rings is 2. The van der Waals surface area contributed by atoms with Crippen molar-refractivity contribution in [1.29, 1.82) is 0 Å². The fraction of sp³-hybridized carbons (Fsp3) is 0.0625. The summed E-state index contributed by atoms with van der Waals surface area (Å²) in [6, 6.07) is 14.6. The first-order chi connectivity index (χ1) is 9.76. The number of anilines is 1. The maximum Gasteiger partial charge on any atom is 0.255 e. The molecule has 0 atom stereocenters. The molecule has 4 nitrogen and oxygen atoms in total. The number of carbonyl (C=O) groups is 1. The van der Waals surface area contributed by atoms with Crippen LogP contribution in [0, 0.1) is 0 Å². The molecule has 0 radical (unpaired) electrons. The number of H-pyrrole nitrogens is 1. The third kappa shape index (κ3) is 2.41. The van der Waals surface area contributed by atoms with E-state index in [2.05, 4.69) is 10.3 Å². The van der Waals surface area contributed by atoms with Crippen LogP contribution in [0.15, 0.2) is 54.7 Å². The summed E-state index contributed by atoms with van der Waals surface area (Å²) >= 11 is 0. The van der Waals surface area contributed by atoms with E-state index < -0.39 is 0 Å². The van der Waals surface area contributed by atoms with Crippen molar-refractivity contribution in [3.05, 3.63) is 65.9 Å². The summed E-state index contributed by atoms with van der Waals surface area (Å²) in [6.07, 6.45) is 1.84. The van der Waals surface area contributed by atoms with Crippen LogP contribution in [0.5, 0.6) is 0 Å². The predicted octanol–water partition coefficient (Wildman–Crippen LogP) is 2.91. The van der Waals surface area contributed by atoms with Gasteiger partial charge in [-0.1, -0.05) is 18.2 Å². The molecule has 3 N–H and O–H groups in total. The number of aliphatic hydroxyl groups excluding tert-OH is 1. The van der Waals surface area contributed by atoms with Crippen molar-refractivity contribution in [1.82, 2.24) is 4.98 Å². The predicted molar refractivity (Wildman–Crippen MR) is 78.6 cm³/mol. The van der Waals surface area contributed by atoms with E-state index in [0.29, 0.717) is 11.3 Å². The molecule has 1 amide bonds. The van der Waals surface area contributed by atoms with Crippen LogP contribution in [0.2, 0.25) is 0 Å². The summed E-state index contributed by atoms with van der Waals surface area (Å²) in [5.41, 5.74) is 2.96. The summed E-state index contributed by atoms with van der Waals surface area (Å²) < 4.78 is 0. The largest absolute Gasteiger partial charge is 0.392 e. The first-order valence-corrected chi connectivity index (χ1v) is 6.34. The maximum atomic E-state index is 12.2. The quantitative estimate of drug-likeness (QED) is 0.682. The first kappa shape index (κ1) is 12.4. The Morgan fingerprint density at radius 3 is 2.90 bits per heavy atom. The molecule has 100 valence electrons. The van der Waals surface area contributed by atoms with Gasteiger partial charge in [-0.05, 0) is 41.3 Å². The van der Waals surface area contributed by atoms with E-state index in [1.54, 1.807) is 30.3 Å². The number of aliphatic hydroxyl groups is 1. The zero-order valence-corrected chi connectivity index (χ0v) is 10.8. The van der Waals surface area contributed by atoms with Gasteiger partial charge >= 0.3 is 0 Å². The van der Waals surface area contributed by atoms with Gasteiger partial charge in [0.2, 0.25) is 0 Å². The molecular formula is C16H14N2O2. The normalized spacial score (nSPS) is 10.7. The Hall–Kier alpha value is -2.59. The van der Waals surface area contributed by atoms with Gasteiger partial charge in [0.15, 0.2) is 0 Å². The maximum absolute atomic E-state index is 12.2. The van der Waals surface area contributed by atoms with Crippen molar-refractivity contribution >= 4 is 22.5 Å². The number of carbonyl (C=O) groups excluding carboxylic acids is 1. The molecule has 0 aliphatic rings. The lowest BCUT2D eigenvalue weighted by Crippen LogP contribution is -2.11. The van der Waals surface area contributed by atoms with Crippen molar-refractivity contribution in [3.8, 4) is 0 Å². The molecular weight excluding hydrogens is 252 g/mol. The molecule has 0 saturated carbocycles. The molecule has 0 saturated heterocycles. The van der Waals surface area contributed by atoms with E-state index in [0.717, 1.165) is 16.5 Å². The topological polar surface area (TPSA) is 65.1 Å². The molecule has 0 unspecified atom stereocenters. The second-order valence-corrected chi connectivity index (χ2v) is 4.59. The average molecular weight is 266 g/mol. The van der Waals surface area contributed by atoms with Crippen LogP contribution in [0.4, 0.5) is 5.69 Å². The standard InChI is InChI=1S/C16H14N2O2/c19-10-11-2-1-3-14(8-11)18-16(20)13-5-4-12-6-7-17-15(12)9-13/h1-9,17,19H,10H2,(H,18,20). The average Bonchev–Trinajstić information content (AvgIpc) is 2.94. The number of nitrogens with one attached hydrogen (secondary N) is 2. The molecule has 0 fully saturated rings. The zero-order valence-electron chi connectivity index (χ0n) is 10.8. The highest BCUT2D eigenvalue weighted by Crippen LogP contribution is 2.16. The number of aromatic amines is 1. The van der Waals surface area contributed by atoms with E-state index in [1.165, 1.54) is 0 Å². The molecule has 20 heavy (non-hydrogen) atoms. The molecule has 0 spiro atoms. The lowest BCUT2D eigenvalue weighted by Gasteiger charge is -2.06. The van der Waals surface area contributed by atoms with Crippen LogP contribution >= 0.6 is 0 Å². The minimum atomic E-state index is -0.170. The molecule has 2 aromatic carbocycles. The highest BCUT2D eigenvalue weighted by molar-refractivity contribution is 6.06. The van der Waals surface area contributed by atoms with Crippen LogP contribution in [-0.2, 0) is 6.61 Å². The van der Waals surface area contributed by atoms with Gasteiger partial charge in [0.1, 0.15) is 0 Å². The Morgan fingerprint density at radius 2 is 2.05 bits per heavy atom. The third-order valence-electron chi connectivity index (χ3n) is 3.18. The van der Waals surface area contributed by atoms with Gasteiger partial charge in [0.05, 0.1) is 6.61 Å². The van der Waals surface area contributed by atoms with Crippen LogP contribution in [-0.4, -0.2) is 16.0 Å². The molecule has 1 heterocycles. The highest BCUT2D eigenvalue weighted by Gasteiger charge is 2.07. The zero-order chi connectivity index (χ0) is 13.9. The fourth-order valence-corrected chi connectivity index (χ4v) is 2.14. The van der Waals surface area contributed by atoms with Gasteiger partial charge in [0.25, 0.3) is 5.91 Å². The number of hydrogen-bond acceptors (Lipinski definition) is 2. The Morgan fingerprint density at radius 1 is 1.15 bits per heavy atom. The number of aromatic nitrogens is 1. The molecule has 0 bridgehead atoms. The fourth-order valence-electron chi connectivity index (χ4n) is 2.14. The molecule has 1 aromatic heterocycles. The molecule has 3 rings (SSSR count). The van der Waals surface area contributed by atoms with Gasteiger partial charge in [-0.15, -0.1) is 0 Å². The Kier molecular flexibility index (Phi) is 3.23. The third-order valence-corrected chi connectivity index (χ3v) is 3.18. The van der Waals surface area contributed by atoms with Gasteiger partial charge in [-0.3, -0.25) is 4.79 Å². The summed E-state index contributed by atoms with van der Waals surface area (Å²) in [5.74, 6) is -0.170. The Bertz CT molecular complexity index is 762. The summed E-state index contributed by atoms with van der Waals surface area (Å²) in [6.45, 7) is -0.0435. The number of rotatable bonds is 3. The second-order valence-electron chi connectivity index (χ2n) is 4.59. The van der Waals surface area contributed by atoms with Crippen LogP contribution in [0.1, 0.15) is 15.9 Å². The van der Waals surface area contributed by atoms with E-state index in [4.69, 9.17) is 5.11 Å². The van der Waals surface area contributed by atoms with Crippen molar-refractivity contribution in [2.75, 3.05) is 5.32 Å². The molecule has 4 heteroatoms. The van der Waals surface area contributed by atoms with Crippen molar-refractivity contribution in [2.45, 2.75) is 6.61 Å². The van der Waals surface area contributed by atoms with Crippen LogP contribution in [0.25, 0.3) is 10.9 Å². The summed E-state index contributed by atoms with van der Waals surface area (Å²) in [4.78, 5) is 15.3. The van der Waals surface area contributed by atoms with Crippen LogP contribution in [0.3, 0.4) is 0 Å². The Labute approximate surface area is 116 Å². The smallest absolute Gasteiger partial charge is 0.255 e. The van der Waals surface area contributed by atoms with Crippen molar-refractivity contribution in [2.24, 2.45) is 0 Å². The van der Waals surface area contributed by atoms with E-state index in [1.807, 2.05) is 24.4 Å². The molecule has 3 aromatic rings. The number of fused-ring (bicyclic) bond motifs is 1. The lowest BCUT2D eigenvalue weighted by molar-refractivity contribution is 0.102. The van der Waals surface area contributed by atoms with Gasteiger partial charge in [0, 0.05) is 23.0 Å². The second kappa shape index (κ2) is 5.19.